The maximum Gasteiger partial charge on any atom is 0.435 e. The number of hydrogen-bond acceptors (Lipinski definition) is 5. The van der Waals surface area contributed by atoms with Gasteiger partial charge in [-0.05, 0) is 55.3 Å². The van der Waals surface area contributed by atoms with E-state index < -0.39 is 58.4 Å². The van der Waals surface area contributed by atoms with Crippen LogP contribution in [0, 0.1) is 6.92 Å². The van der Waals surface area contributed by atoms with Crippen LogP contribution in [-0.4, -0.2) is 48.0 Å². The van der Waals surface area contributed by atoms with Crippen molar-refractivity contribution >= 4 is 29.1 Å². The molecule has 0 saturated carbocycles. The van der Waals surface area contributed by atoms with Crippen molar-refractivity contribution in [3.05, 3.63) is 69.2 Å². The number of aryl methyl sites for hydroxylation is 1. The molecule has 0 bridgehead atoms. The van der Waals surface area contributed by atoms with Crippen molar-refractivity contribution in [3.8, 4) is 0 Å². The molecule has 2 aliphatic heterocycles. The second-order valence-corrected chi connectivity index (χ2v) is 9.18. The van der Waals surface area contributed by atoms with Crippen molar-refractivity contribution < 1.29 is 45.6 Å². The minimum Gasteiger partial charge on any atom is -0.374 e. The summed E-state index contributed by atoms with van der Waals surface area (Å²) >= 11 is 5.72. The molecular weight excluding hydrogens is 544 g/mol. The zero-order valence-electron chi connectivity index (χ0n) is 19.8. The van der Waals surface area contributed by atoms with Gasteiger partial charge in [-0.1, -0.05) is 22.8 Å². The maximum atomic E-state index is 14.3. The lowest BCUT2D eigenvalue weighted by molar-refractivity contribution is -0.276. The van der Waals surface area contributed by atoms with Gasteiger partial charge >= 0.3 is 12.4 Å². The minimum absolute atomic E-state index is 0.0389. The van der Waals surface area contributed by atoms with E-state index in [1.54, 1.807) is 6.92 Å². The summed E-state index contributed by atoms with van der Waals surface area (Å²) in [4.78, 5) is 34.9. The van der Waals surface area contributed by atoms with Gasteiger partial charge in [0, 0.05) is 29.1 Å². The Hall–Kier alpha value is -3.32. The zero-order valence-corrected chi connectivity index (χ0v) is 20.6. The third-order valence-corrected chi connectivity index (χ3v) is 6.43. The molecule has 0 radical (unpaired) electrons. The highest BCUT2D eigenvalue weighted by Gasteiger charge is 2.62. The van der Waals surface area contributed by atoms with Gasteiger partial charge in [-0.15, -0.1) is 0 Å². The van der Waals surface area contributed by atoms with Gasteiger partial charge in [0.25, 0.3) is 17.4 Å². The number of hydrogen-bond donors (Lipinski definition) is 1. The van der Waals surface area contributed by atoms with E-state index in [4.69, 9.17) is 21.3 Å². The van der Waals surface area contributed by atoms with E-state index >= 15 is 0 Å². The second kappa shape index (κ2) is 9.77. The van der Waals surface area contributed by atoms with Crippen molar-refractivity contribution in [2.75, 3.05) is 13.2 Å². The van der Waals surface area contributed by atoms with Crippen molar-refractivity contribution in [1.29, 1.82) is 0 Å². The molecular formula is C24H20ClF6N3O4. The molecule has 2 aromatic carbocycles. The third kappa shape index (κ3) is 5.04. The Bertz CT molecular complexity index is 1310. The second-order valence-electron chi connectivity index (χ2n) is 8.74. The summed E-state index contributed by atoms with van der Waals surface area (Å²) < 4.78 is 82.6. The molecule has 2 aliphatic rings. The van der Waals surface area contributed by atoms with E-state index in [0.717, 1.165) is 11.1 Å². The summed E-state index contributed by atoms with van der Waals surface area (Å²) in [5.41, 5.74) is -4.92. The van der Waals surface area contributed by atoms with Crippen molar-refractivity contribution in [1.82, 2.24) is 10.4 Å². The first kappa shape index (κ1) is 27.7. The van der Waals surface area contributed by atoms with Gasteiger partial charge in [0.1, 0.15) is 12.6 Å². The van der Waals surface area contributed by atoms with Gasteiger partial charge in [-0.3, -0.25) is 14.4 Å². The van der Waals surface area contributed by atoms with Crippen LogP contribution in [0.2, 0.25) is 5.02 Å². The van der Waals surface area contributed by atoms with Crippen LogP contribution in [0.15, 0.2) is 41.6 Å². The SMILES string of the molecule is CCN1OC[C@@H](NC(=O)c2ccc(C3=NO[C@@](c4cc(Cl)cc(C(F)(F)F)c4)(C(F)(F)F)C3)cc2C)C1=O. The minimum atomic E-state index is -5.15. The highest BCUT2D eigenvalue weighted by atomic mass is 35.5. The predicted octanol–water partition coefficient (Wildman–Crippen LogP) is 5.14. The summed E-state index contributed by atoms with van der Waals surface area (Å²) in [6.07, 6.45) is -11.0. The van der Waals surface area contributed by atoms with Crippen LogP contribution < -0.4 is 5.32 Å². The fourth-order valence-corrected chi connectivity index (χ4v) is 4.44. The number of nitrogens with zero attached hydrogens (tertiary/aromatic N) is 2. The van der Waals surface area contributed by atoms with Crippen molar-refractivity contribution in [3.63, 3.8) is 0 Å². The smallest absolute Gasteiger partial charge is 0.374 e. The lowest BCUT2D eigenvalue weighted by Gasteiger charge is -2.30. The molecule has 0 aromatic heterocycles. The molecule has 2 heterocycles. The molecule has 1 fully saturated rings. The quantitative estimate of drug-likeness (QED) is 0.511. The lowest BCUT2D eigenvalue weighted by Crippen LogP contribution is -2.43. The van der Waals surface area contributed by atoms with Gasteiger partial charge in [0.2, 0.25) is 0 Å². The van der Waals surface area contributed by atoms with E-state index in [-0.39, 0.29) is 23.4 Å². The molecule has 1 saturated heterocycles. The number of amides is 2. The first-order valence-corrected chi connectivity index (χ1v) is 11.6. The monoisotopic (exact) mass is 563 g/mol. The Morgan fingerprint density at radius 1 is 1.18 bits per heavy atom. The topological polar surface area (TPSA) is 80.2 Å². The number of rotatable bonds is 5. The highest BCUT2D eigenvalue weighted by Crippen LogP contribution is 2.50. The summed E-state index contributed by atoms with van der Waals surface area (Å²) in [6, 6.07) is 4.80. The average molecular weight is 564 g/mol. The zero-order chi connectivity index (χ0) is 28.0. The molecule has 4 rings (SSSR count). The number of hydroxylamine groups is 2. The highest BCUT2D eigenvalue weighted by molar-refractivity contribution is 6.30. The van der Waals surface area contributed by atoms with E-state index in [1.165, 1.54) is 25.1 Å². The molecule has 2 amide bonds. The van der Waals surface area contributed by atoms with E-state index in [9.17, 15) is 35.9 Å². The molecule has 14 heteroatoms. The Morgan fingerprint density at radius 3 is 2.47 bits per heavy atom. The Balaban J connectivity index is 1.59. The van der Waals surface area contributed by atoms with Crippen LogP contribution >= 0.6 is 11.6 Å². The third-order valence-electron chi connectivity index (χ3n) is 6.22. The molecule has 0 unspecified atom stereocenters. The number of halogens is 7. The number of nitrogens with one attached hydrogen (secondary N) is 1. The van der Waals surface area contributed by atoms with Gasteiger partial charge < -0.3 is 10.2 Å². The number of oxime groups is 1. The largest absolute Gasteiger partial charge is 0.435 e. The van der Waals surface area contributed by atoms with Crippen LogP contribution in [0.5, 0.6) is 0 Å². The van der Waals surface area contributed by atoms with Gasteiger partial charge in [0.15, 0.2) is 0 Å². The van der Waals surface area contributed by atoms with Gasteiger partial charge in [0.05, 0.1) is 11.3 Å². The van der Waals surface area contributed by atoms with Crippen LogP contribution in [-0.2, 0) is 26.2 Å². The van der Waals surface area contributed by atoms with Crippen molar-refractivity contribution in [2.45, 2.75) is 44.3 Å². The van der Waals surface area contributed by atoms with Gasteiger partial charge in [-0.25, -0.2) is 5.06 Å². The fraction of sp³-hybridized carbons (Fsp3) is 0.375. The van der Waals surface area contributed by atoms with Crippen LogP contribution in [0.3, 0.4) is 0 Å². The van der Waals surface area contributed by atoms with Crippen LogP contribution in [0.1, 0.15) is 46.0 Å². The first-order valence-electron chi connectivity index (χ1n) is 11.2. The van der Waals surface area contributed by atoms with Crippen molar-refractivity contribution in [2.24, 2.45) is 5.16 Å². The van der Waals surface area contributed by atoms with E-state index in [2.05, 4.69) is 10.5 Å². The molecule has 2 atom stereocenters. The number of benzene rings is 2. The van der Waals surface area contributed by atoms with E-state index in [0.29, 0.717) is 24.2 Å². The average Bonchev–Trinajstić information content (AvgIpc) is 3.43. The number of carbonyl (C=O) groups excluding carboxylic acids is 2. The molecule has 7 nitrogen and oxygen atoms in total. The maximum absolute atomic E-state index is 14.3. The number of carbonyl (C=O) groups is 2. The Morgan fingerprint density at radius 2 is 1.89 bits per heavy atom. The van der Waals surface area contributed by atoms with Crippen LogP contribution in [0.25, 0.3) is 0 Å². The fourth-order valence-electron chi connectivity index (χ4n) is 4.20. The Kier molecular flexibility index (Phi) is 7.12. The molecule has 0 aliphatic carbocycles. The first-order chi connectivity index (χ1) is 17.7. The molecule has 1 N–H and O–H groups in total. The summed E-state index contributed by atoms with van der Waals surface area (Å²) in [5.74, 6) is -1.01. The van der Waals surface area contributed by atoms with E-state index in [1.807, 2.05) is 0 Å². The Labute approximate surface area is 217 Å². The predicted molar refractivity (Wildman–Crippen MR) is 122 cm³/mol. The standard InChI is InChI=1S/C24H20ClF6N3O4/c1-3-34-21(36)19(11-37-34)32-20(35)17-5-4-13(6-12(17)2)18-10-22(38-33-18,24(29,30)31)14-7-15(23(26,27)28)9-16(25)8-14/h4-9,19H,3,10-11H2,1-2H3,(H,32,35)/t19-,22+/m1/s1. The number of alkyl halides is 6. The molecule has 0 spiro atoms. The number of likely N-dealkylation sites (N-methyl/N-ethyl adjacent to an activating group) is 1. The summed E-state index contributed by atoms with van der Waals surface area (Å²) in [7, 11) is 0. The summed E-state index contributed by atoms with van der Waals surface area (Å²) in [6.45, 7) is 3.50. The molecule has 38 heavy (non-hydrogen) atoms. The molecule has 204 valence electrons. The lowest BCUT2D eigenvalue weighted by atomic mass is 9.85. The van der Waals surface area contributed by atoms with Crippen LogP contribution in [0.4, 0.5) is 26.3 Å². The van der Waals surface area contributed by atoms with Gasteiger partial charge in [-0.2, -0.15) is 26.3 Å². The summed E-state index contributed by atoms with van der Waals surface area (Å²) in [5, 5.41) is 6.68. The molecule has 2 aromatic rings. The normalized spacial score (nSPS) is 21.9.